The third-order valence-corrected chi connectivity index (χ3v) is 3.78. The minimum atomic E-state index is 0.313. The first kappa shape index (κ1) is 13.2. The van der Waals surface area contributed by atoms with E-state index in [-0.39, 0.29) is 0 Å². The molecule has 0 fully saturated rings. The van der Waals surface area contributed by atoms with Gasteiger partial charge in [0.25, 0.3) is 0 Å². The number of rotatable bonds is 1. The van der Waals surface area contributed by atoms with Crippen LogP contribution in [0.5, 0.6) is 0 Å². The third kappa shape index (κ3) is 2.25. The van der Waals surface area contributed by atoms with Crippen molar-refractivity contribution in [2.45, 2.75) is 0 Å². The molecule has 2 heterocycles. The van der Waals surface area contributed by atoms with Crippen LogP contribution in [-0.4, -0.2) is 4.98 Å². The summed E-state index contributed by atoms with van der Waals surface area (Å²) in [5.74, 6) is 0.540. The molecule has 0 saturated heterocycles. The summed E-state index contributed by atoms with van der Waals surface area (Å²) in [6.45, 7) is 0. The van der Waals surface area contributed by atoms with Crippen LogP contribution < -0.4 is 5.36 Å². The van der Waals surface area contributed by atoms with Crippen molar-refractivity contribution in [2.24, 2.45) is 0 Å². The highest BCUT2D eigenvalue weighted by Crippen LogP contribution is 2.24. The first-order valence-corrected chi connectivity index (χ1v) is 7.12. The summed E-state index contributed by atoms with van der Waals surface area (Å²) in [7, 11) is 0. The molecule has 4 heteroatoms. The second kappa shape index (κ2) is 5.08. The molecule has 4 aromatic rings. The fraction of sp³-hybridized carbons (Fsp3) is 0. The molecular formula is C19H11N3O. The van der Waals surface area contributed by atoms with E-state index in [1.165, 1.54) is 0 Å². The Morgan fingerprint density at radius 3 is 2.65 bits per heavy atom. The summed E-state index contributed by atoms with van der Waals surface area (Å²) < 4.78 is 5.89. The number of hydrogen-bond donors (Lipinski definition) is 1. The van der Waals surface area contributed by atoms with Gasteiger partial charge in [-0.1, -0.05) is 24.3 Å². The Morgan fingerprint density at radius 2 is 1.83 bits per heavy atom. The van der Waals surface area contributed by atoms with Crippen LogP contribution >= 0.6 is 0 Å². The molecule has 0 aliphatic carbocycles. The lowest BCUT2D eigenvalue weighted by atomic mass is 10.1. The topological polar surface area (TPSA) is 73.7 Å². The zero-order valence-electron chi connectivity index (χ0n) is 12.1. The number of pyridine rings is 1. The van der Waals surface area contributed by atoms with E-state index < -0.39 is 0 Å². The fourth-order valence-electron chi connectivity index (χ4n) is 2.60. The Kier molecular flexibility index (Phi) is 2.92. The van der Waals surface area contributed by atoms with Gasteiger partial charge in [0.2, 0.25) is 0 Å². The van der Waals surface area contributed by atoms with Crippen molar-refractivity contribution < 1.29 is 4.42 Å². The van der Waals surface area contributed by atoms with Crippen LogP contribution in [-0.2, 0) is 0 Å². The largest absolute Gasteiger partial charge is 0.454 e. The van der Waals surface area contributed by atoms with Gasteiger partial charge in [0.15, 0.2) is 5.76 Å². The molecule has 0 aliphatic heterocycles. The maximum atomic E-state index is 8.97. The van der Waals surface area contributed by atoms with Gasteiger partial charge in [-0.25, -0.2) is 0 Å². The molecule has 0 spiro atoms. The van der Waals surface area contributed by atoms with Gasteiger partial charge in [0.05, 0.1) is 17.0 Å². The Bertz CT molecular complexity index is 1150. The van der Waals surface area contributed by atoms with Crippen molar-refractivity contribution >= 4 is 21.7 Å². The van der Waals surface area contributed by atoms with Crippen molar-refractivity contribution in [1.82, 2.24) is 4.98 Å². The fourth-order valence-corrected chi connectivity index (χ4v) is 2.60. The van der Waals surface area contributed by atoms with Crippen molar-refractivity contribution in [3.05, 3.63) is 71.7 Å². The van der Waals surface area contributed by atoms with Gasteiger partial charge in [-0.3, -0.25) is 10.4 Å². The smallest absolute Gasteiger partial charge is 0.155 e. The maximum absolute atomic E-state index is 8.97. The second-order valence-corrected chi connectivity index (χ2v) is 5.26. The van der Waals surface area contributed by atoms with Gasteiger partial charge in [-0.2, -0.15) is 5.26 Å². The van der Waals surface area contributed by atoms with E-state index >= 15 is 0 Å². The predicted octanol–water partition coefficient (Wildman–Crippen LogP) is 4.00. The van der Waals surface area contributed by atoms with E-state index in [0.29, 0.717) is 33.3 Å². The van der Waals surface area contributed by atoms with Gasteiger partial charge < -0.3 is 4.42 Å². The van der Waals surface area contributed by atoms with Gasteiger partial charge in [-0.05, 0) is 29.7 Å². The van der Waals surface area contributed by atoms with E-state index in [2.05, 4.69) is 11.1 Å². The minimum absolute atomic E-state index is 0.313. The van der Waals surface area contributed by atoms with E-state index in [1.807, 2.05) is 30.3 Å². The second-order valence-electron chi connectivity index (χ2n) is 5.26. The Labute approximate surface area is 131 Å². The Hall–Kier alpha value is -3.45. The van der Waals surface area contributed by atoms with Crippen LogP contribution in [0.25, 0.3) is 33.2 Å². The summed E-state index contributed by atoms with van der Waals surface area (Å²) >= 11 is 0. The molecular weight excluding hydrogens is 286 g/mol. The van der Waals surface area contributed by atoms with Gasteiger partial charge in [-0.15, -0.1) is 0 Å². The van der Waals surface area contributed by atoms with E-state index in [1.54, 1.807) is 30.5 Å². The standard InChI is InChI=1S/C19H11N3O/c20-10-12-5-6-18-15(7-12)16(21)9-19(23-18)17-8-13-3-1-2-4-14(13)11-22-17/h1-9,11,21H. The van der Waals surface area contributed by atoms with Crippen LogP contribution in [0.4, 0.5) is 0 Å². The highest BCUT2D eigenvalue weighted by atomic mass is 16.3. The summed E-state index contributed by atoms with van der Waals surface area (Å²) in [4.78, 5) is 4.43. The average molecular weight is 297 g/mol. The van der Waals surface area contributed by atoms with Crippen molar-refractivity contribution in [3.63, 3.8) is 0 Å². The number of nitrogens with one attached hydrogen (secondary N) is 1. The molecule has 2 aromatic heterocycles. The molecule has 2 aromatic carbocycles. The zero-order valence-corrected chi connectivity index (χ0v) is 12.1. The molecule has 0 bridgehead atoms. The molecule has 0 unspecified atom stereocenters. The van der Waals surface area contributed by atoms with Crippen molar-refractivity contribution in [3.8, 4) is 17.5 Å². The maximum Gasteiger partial charge on any atom is 0.155 e. The third-order valence-electron chi connectivity index (χ3n) is 3.78. The Morgan fingerprint density at radius 1 is 1.00 bits per heavy atom. The molecule has 23 heavy (non-hydrogen) atoms. The normalized spacial score (nSPS) is 10.7. The lowest BCUT2D eigenvalue weighted by molar-refractivity contribution is 0.615. The number of hydrogen-bond acceptors (Lipinski definition) is 4. The summed E-state index contributed by atoms with van der Waals surface area (Å²) in [5, 5.41) is 20.2. The average Bonchev–Trinajstić information content (AvgIpc) is 2.61. The van der Waals surface area contributed by atoms with Gasteiger partial charge >= 0.3 is 0 Å². The summed E-state index contributed by atoms with van der Waals surface area (Å²) in [6.07, 6.45) is 1.80. The van der Waals surface area contributed by atoms with E-state index in [9.17, 15) is 0 Å². The summed E-state index contributed by atoms with van der Waals surface area (Å²) in [6, 6.07) is 18.7. The highest BCUT2D eigenvalue weighted by molar-refractivity contribution is 5.85. The number of fused-ring (bicyclic) bond motifs is 2. The number of benzene rings is 2. The molecule has 108 valence electrons. The molecule has 0 amide bonds. The molecule has 0 atom stereocenters. The number of nitrogens with zero attached hydrogens (tertiary/aromatic N) is 2. The lowest BCUT2D eigenvalue weighted by Crippen LogP contribution is -2.01. The van der Waals surface area contributed by atoms with Gasteiger partial charge in [0, 0.05) is 23.0 Å². The molecule has 4 nitrogen and oxygen atoms in total. The molecule has 4 rings (SSSR count). The lowest BCUT2D eigenvalue weighted by Gasteiger charge is -2.05. The number of nitriles is 1. The van der Waals surface area contributed by atoms with Crippen LogP contribution in [0.1, 0.15) is 5.56 Å². The van der Waals surface area contributed by atoms with Crippen LogP contribution in [0, 0.1) is 16.7 Å². The molecule has 0 saturated carbocycles. The molecule has 1 N–H and O–H groups in total. The van der Waals surface area contributed by atoms with Crippen molar-refractivity contribution in [1.29, 1.82) is 10.7 Å². The van der Waals surface area contributed by atoms with E-state index in [4.69, 9.17) is 15.1 Å². The quantitative estimate of drug-likeness (QED) is 0.577. The van der Waals surface area contributed by atoms with Crippen LogP contribution in [0.3, 0.4) is 0 Å². The SMILES string of the molecule is N#Cc1ccc2oc(-c3cc4ccccc4cn3)cc(=N)c2c1. The van der Waals surface area contributed by atoms with Gasteiger partial charge in [0.1, 0.15) is 11.3 Å². The Balaban J connectivity index is 1.94. The molecule has 0 aliphatic rings. The zero-order chi connectivity index (χ0) is 15.8. The minimum Gasteiger partial charge on any atom is -0.454 e. The van der Waals surface area contributed by atoms with E-state index in [0.717, 1.165) is 10.8 Å². The summed E-state index contributed by atoms with van der Waals surface area (Å²) in [5.41, 5.74) is 1.77. The first-order chi connectivity index (χ1) is 11.2. The van der Waals surface area contributed by atoms with Crippen LogP contribution in [0.2, 0.25) is 0 Å². The van der Waals surface area contributed by atoms with Crippen molar-refractivity contribution in [2.75, 3.05) is 0 Å². The number of aromatic nitrogens is 1. The highest BCUT2D eigenvalue weighted by Gasteiger charge is 2.08. The predicted molar refractivity (Wildman–Crippen MR) is 87.5 cm³/mol. The monoisotopic (exact) mass is 297 g/mol. The molecule has 0 radical (unpaired) electrons. The first-order valence-electron chi connectivity index (χ1n) is 7.12. The van der Waals surface area contributed by atoms with Crippen LogP contribution in [0.15, 0.2) is 65.2 Å².